The number of likely N-dealkylation sites (N-methyl/N-ethyl adjacent to an activating group) is 1. The molecule has 4 heteroatoms. The highest BCUT2D eigenvalue weighted by molar-refractivity contribution is 5.29. The molecule has 2 aromatic rings. The van der Waals surface area contributed by atoms with Crippen LogP contribution in [-0.4, -0.2) is 25.1 Å². The number of nitrogens with two attached hydrogens (primary N) is 1. The highest BCUT2D eigenvalue weighted by Gasteiger charge is 2.16. The van der Waals surface area contributed by atoms with Crippen LogP contribution in [0.4, 0.5) is 0 Å². The summed E-state index contributed by atoms with van der Waals surface area (Å²) < 4.78 is 10.6. The van der Waals surface area contributed by atoms with E-state index in [-0.39, 0.29) is 6.04 Å². The first-order chi connectivity index (χ1) is 9.74. The molecule has 108 valence electrons. The summed E-state index contributed by atoms with van der Waals surface area (Å²) in [6.45, 7) is 4.04. The highest BCUT2D eigenvalue weighted by atomic mass is 16.5. The molecule has 4 nitrogen and oxygen atoms in total. The molecular formula is C16H22N2O2. The molecule has 0 amide bonds. The minimum atomic E-state index is 0.181. The van der Waals surface area contributed by atoms with Crippen molar-refractivity contribution in [3.63, 3.8) is 0 Å². The van der Waals surface area contributed by atoms with Crippen molar-refractivity contribution in [2.45, 2.75) is 19.5 Å². The van der Waals surface area contributed by atoms with Crippen LogP contribution in [0.3, 0.4) is 0 Å². The lowest BCUT2D eigenvalue weighted by atomic mass is 10.1. The van der Waals surface area contributed by atoms with E-state index in [1.165, 1.54) is 5.56 Å². The Kier molecular flexibility index (Phi) is 5.21. The van der Waals surface area contributed by atoms with E-state index in [1.54, 1.807) is 12.5 Å². The summed E-state index contributed by atoms with van der Waals surface area (Å²) in [5.41, 5.74) is 8.28. The normalized spacial score (nSPS) is 12.6. The third kappa shape index (κ3) is 3.62. The molecule has 0 saturated carbocycles. The van der Waals surface area contributed by atoms with Gasteiger partial charge in [-0.25, -0.2) is 0 Å². The van der Waals surface area contributed by atoms with Crippen molar-refractivity contribution in [3.8, 4) is 5.75 Å². The fourth-order valence-electron chi connectivity index (χ4n) is 2.30. The standard InChI is InChI=1S/C16H22N2O2/c1-3-20-15-6-4-14(5-7-15)16(10-17)18(2)11-13-8-9-19-12-13/h4-9,12,16H,3,10-11,17H2,1-2H3. The maximum absolute atomic E-state index is 5.94. The summed E-state index contributed by atoms with van der Waals surface area (Å²) in [5, 5.41) is 0. The second-order valence-corrected chi connectivity index (χ2v) is 4.80. The Morgan fingerprint density at radius 3 is 2.55 bits per heavy atom. The van der Waals surface area contributed by atoms with Crippen LogP contribution in [0.25, 0.3) is 0 Å². The number of ether oxygens (including phenoxy) is 1. The summed E-state index contributed by atoms with van der Waals surface area (Å²) in [5.74, 6) is 0.893. The van der Waals surface area contributed by atoms with Gasteiger partial charge in [-0.15, -0.1) is 0 Å². The zero-order valence-electron chi connectivity index (χ0n) is 12.1. The van der Waals surface area contributed by atoms with Crippen LogP contribution < -0.4 is 10.5 Å². The van der Waals surface area contributed by atoms with Crippen LogP contribution in [0.15, 0.2) is 47.3 Å². The molecule has 1 aromatic heterocycles. The minimum absolute atomic E-state index is 0.181. The molecule has 0 fully saturated rings. The van der Waals surface area contributed by atoms with Crippen molar-refractivity contribution in [2.75, 3.05) is 20.2 Å². The topological polar surface area (TPSA) is 51.6 Å². The van der Waals surface area contributed by atoms with E-state index in [2.05, 4.69) is 24.1 Å². The van der Waals surface area contributed by atoms with E-state index >= 15 is 0 Å². The van der Waals surface area contributed by atoms with Crippen LogP contribution in [-0.2, 0) is 6.54 Å². The van der Waals surface area contributed by atoms with Gasteiger partial charge in [0, 0.05) is 24.7 Å². The molecule has 0 bridgehead atoms. The fraction of sp³-hybridized carbons (Fsp3) is 0.375. The largest absolute Gasteiger partial charge is 0.494 e. The van der Waals surface area contributed by atoms with E-state index in [1.807, 2.05) is 25.1 Å². The van der Waals surface area contributed by atoms with Gasteiger partial charge in [0.2, 0.25) is 0 Å². The van der Waals surface area contributed by atoms with Gasteiger partial charge in [-0.3, -0.25) is 4.90 Å². The lowest BCUT2D eigenvalue weighted by Gasteiger charge is -2.27. The van der Waals surface area contributed by atoms with E-state index in [0.717, 1.165) is 17.9 Å². The third-order valence-corrected chi connectivity index (χ3v) is 3.34. The van der Waals surface area contributed by atoms with E-state index < -0.39 is 0 Å². The van der Waals surface area contributed by atoms with E-state index in [4.69, 9.17) is 14.9 Å². The summed E-state index contributed by atoms with van der Waals surface area (Å²) in [6, 6.07) is 10.3. The molecule has 0 spiro atoms. The first-order valence-corrected chi connectivity index (χ1v) is 6.88. The monoisotopic (exact) mass is 274 g/mol. The minimum Gasteiger partial charge on any atom is -0.494 e. The molecule has 20 heavy (non-hydrogen) atoms. The van der Waals surface area contributed by atoms with Gasteiger partial charge >= 0.3 is 0 Å². The van der Waals surface area contributed by atoms with E-state index in [9.17, 15) is 0 Å². The van der Waals surface area contributed by atoms with Crippen molar-refractivity contribution in [1.29, 1.82) is 0 Å². The summed E-state index contributed by atoms with van der Waals surface area (Å²) in [6.07, 6.45) is 3.46. The number of rotatable bonds is 7. The fourth-order valence-corrected chi connectivity index (χ4v) is 2.30. The molecule has 0 aliphatic heterocycles. The van der Waals surface area contributed by atoms with Crippen molar-refractivity contribution >= 4 is 0 Å². The average molecular weight is 274 g/mol. The predicted octanol–water partition coefficient (Wildman–Crippen LogP) is 2.81. The van der Waals surface area contributed by atoms with Gasteiger partial charge in [0.1, 0.15) is 5.75 Å². The lowest BCUT2D eigenvalue weighted by molar-refractivity contribution is 0.241. The summed E-state index contributed by atoms with van der Waals surface area (Å²) in [4.78, 5) is 2.22. The SMILES string of the molecule is CCOc1ccc(C(CN)N(C)Cc2ccoc2)cc1. The Balaban J connectivity index is 2.06. The van der Waals surface area contributed by atoms with Crippen molar-refractivity contribution in [2.24, 2.45) is 5.73 Å². The van der Waals surface area contributed by atoms with Gasteiger partial charge in [0.15, 0.2) is 0 Å². The highest BCUT2D eigenvalue weighted by Crippen LogP contribution is 2.23. The quantitative estimate of drug-likeness (QED) is 0.843. The molecule has 0 aliphatic carbocycles. The second kappa shape index (κ2) is 7.12. The summed E-state index contributed by atoms with van der Waals surface area (Å²) >= 11 is 0. The number of hydrogen-bond donors (Lipinski definition) is 1. The molecular weight excluding hydrogens is 252 g/mol. The van der Waals surface area contributed by atoms with E-state index in [0.29, 0.717) is 13.2 Å². The first-order valence-electron chi connectivity index (χ1n) is 6.88. The Bertz CT molecular complexity index is 494. The van der Waals surface area contributed by atoms with Crippen LogP contribution in [0.5, 0.6) is 5.75 Å². The van der Waals surface area contributed by atoms with Gasteiger partial charge in [-0.1, -0.05) is 12.1 Å². The van der Waals surface area contributed by atoms with Crippen molar-refractivity contribution < 1.29 is 9.15 Å². The third-order valence-electron chi connectivity index (χ3n) is 3.34. The number of furan rings is 1. The molecule has 0 aliphatic rings. The Hall–Kier alpha value is -1.78. The maximum atomic E-state index is 5.94. The maximum Gasteiger partial charge on any atom is 0.119 e. The number of hydrogen-bond acceptors (Lipinski definition) is 4. The Labute approximate surface area is 120 Å². The number of benzene rings is 1. The zero-order chi connectivity index (χ0) is 14.4. The second-order valence-electron chi connectivity index (χ2n) is 4.80. The average Bonchev–Trinajstić information content (AvgIpc) is 2.95. The van der Waals surface area contributed by atoms with Crippen LogP contribution in [0, 0.1) is 0 Å². The van der Waals surface area contributed by atoms with Crippen molar-refractivity contribution in [1.82, 2.24) is 4.90 Å². The Morgan fingerprint density at radius 2 is 2.00 bits per heavy atom. The smallest absolute Gasteiger partial charge is 0.119 e. The van der Waals surface area contributed by atoms with Gasteiger partial charge in [0.25, 0.3) is 0 Å². The molecule has 0 radical (unpaired) electrons. The van der Waals surface area contributed by atoms with Gasteiger partial charge in [-0.05, 0) is 37.7 Å². The molecule has 1 aromatic carbocycles. The van der Waals surface area contributed by atoms with Gasteiger partial charge < -0.3 is 14.9 Å². The van der Waals surface area contributed by atoms with Crippen LogP contribution in [0.2, 0.25) is 0 Å². The predicted molar refractivity (Wildman–Crippen MR) is 79.6 cm³/mol. The number of nitrogens with zero attached hydrogens (tertiary/aromatic N) is 1. The zero-order valence-corrected chi connectivity index (χ0v) is 12.1. The summed E-state index contributed by atoms with van der Waals surface area (Å²) in [7, 11) is 2.07. The molecule has 1 heterocycles. The van der Waals surface area contributed by atoms with Crippen LogP contribution >= 0.6 is 0 Å². The van der Waals surface area contributed by atoms with Gasteiger partial charge in [0.05, 0.1) is 19.1 Å². The first kappa shape index (κ1) is 14.6. The van der Waals surface area contributed by atoms with Crippen molar-refractivity contribution in [3.05, 3.63) is 54.0 Å². The van der Waals surface area contributed by atoms with Crippen LogP contribution in [0.1, 0.15) is 24.1 Å². The molecule has 2 N–H and O–H groups in total. The van der Waals surface area contributed by atoms with Gasteiger partial charge in [-0.2, -0.15) is 0 Å². The molecule has 1 atom stereocenters. The molecule has 1 unspecified atom stereocenters. The molecule has 2 rings (SSSR count). The Morgan fingerprint density at radius 1 is 1.25 bits per heavy atom. The lowest BCUT2D eigenvalue weighted by Crippen LogP contribution is -2.30. The molecule has 0 saturated heterocycles.